The zero-order valence-electron chi connectivity index (χ0n) is 12.0. The lowest BCUT2D eigenvalue weighted by Gasteiger charge is -2.11. The van der Waals surface area contributed by atoms with Gasteiger partial charge in [-0.15, -0.1) is 0 Å². The van der Waals surface area contributed by atoms with Crippen molar-refractivity contribution >= 4 is 44.9 Å². The summed E-state index contributed by atoms with van der Waals surface area (Å²) in [5.41, 5.74) is 1.30. The third-order valence-corrected chi connectivity index (χ3v) is 4.05. The summed E-state index contributed by atoms with van der Waals surface area (Å²) in [6, 6.07) is 8.44. The molecule has 0 fully saturated rings. The van der Waals surface area contributed by atoms with E-state index < -0.39 is 0 Å². The smallest absolute Gasteiger partial charge is 0.200 e. The van der Waals surface area contributed by atoms with E-state index in [9.17, 15) is 4.79 Å². The molecule has 0 saturated heterocycles. The molecule has 6 heteroatoms. The van der Waals surface area contributed by atoms with Crippen LogP contribution < -0.4 is 9.47 Å². The van der Waals surface area contributed by atoms with Crippen LogP contribution in [0.2, 0.25) is 10.0 Å². The van der Waals surface area contributed by atoms with Gasteiger partial charge in [0.2, 0.25) is 0 Å². The summed E-state index contributed by atoms with van der Waals surface area (Å²) in [7, 11) is 1.52. The predicted octanol–water partition coefficient (Wildman–Crippen LogP) is 5.33. The molecule has 3 nitrogen and oxygen atoms in total. The van der Waals surface area contributed by atoms with Gasteiger partial charge in [0.25, 0.3) is 0 Å². The highest BCUT2D eigenvalue weighted by molar-refractivity contribution is 9.10. The Bertz CT molecular complexity index is 694. The molecule has 0 aliphatic carbocycles. The number of methoxy groups -OCH3 is 1. The van der Waals surface area contributed by atoms with Crippen LogP contribution in [0.4, 0.5) is 0 Å². The van der Waals surface area contributed by atoms with Gasteiger partial charge in [-0.25, -0.2) is 0 Å². The zero-order chi connectivity index (χ0) is 16.3. The van der Waals surface area contributed by atoms with Crippen LogP contribution in [-0.4, -0.2) is 19.5 Å². The van der Waals surface area contributed by atoms with Gasteiger partial charge in [-0.3, -0.25) is 4.79 Å². The van der Waals surface area contributed by atoms with Crippen molar-refractivity contribution in [2.24, 2.45) is 0 Å². The highest BCUT2D eigenvalue weighted by atomic mass is 79.9. The molecule has 0 aromatic heterocycles. The molecule has 0 saturated carbocycles. The maximum atomic E-state index is 12.2. The topological polar surface area (TPSA) is 35.5 Å². The lowest BCUT2D eigenvalue weighted by molar-refractivity contribution is 0.0921. The van der Waals surface area contributed by atoms with E-state index in [4.69, 9.17) is 32.7 Å². The monoisotopic (exact) mass is 402 g/mol. The average molecular weight is 404 g/mol. The number of halogens is 3. The van der Waals surface area contributed by atoms with Crippen molar-refractivity contribution in [3.05, 3.63) is 56.0 Å². The Morgan fingerprint density at radius 2 is 1.91 bits per heavy atom. The van der Waals surface area contributed by atoms with Crippen LogP contribution in [0.25, 0.3) is 0 Å². The number of carbonyl (C=O) groups is 1. The van der Waals surface area contributed by atoms with Gasteiger partial charge in [0.15, 0.2) is 12.4 Å². The first-order valence-electron chi connectivity index (χ1n) is 6.37. The van der Waals surface area contributed by atoms with Gasteiger partial charge in [-0.1, -0.05) is 39.1 Å². The fraction of sp³-hybridized carbons (Fsp3) is 0.188. The lowest BCUT2D eigenvalue weighted by atomic mass is 10.1. The lowest BCUT2D eigenvalue weighted by Crippen LogP contribution is -2.12. The summed E-state index contributed by atoms with van der Waals surface area (Å²) in [4.78, 5) is 12.2. The van der Waals surface area contributed by atoms with Crippen LogP contribution in [0.3, 0.4) is 0 Å². The summed E-state index contributed by atoms with van der Waals surface area (Å²) >= 11 is 15.5. The summed E-state index contributed by atoms with van der Waals surface area (Å²) < 4.78 is 11.5. The molecule has 0 spiro atoms. The van der Waals surface area contributed by atoms with Crippen molar-refractivity contribution in [3.8, 4) is 11.5 Å². The minimum absolute atomic E-state index is 0.120. The Labute approximate surface area is 147 Å². The number of ether oxygens (including phenoxy) is 2. The second kappa shape index (κ2) is 7.36. The molecular formula is C16H13BrCl2O3. The van der Waals surface area contributed by atoms with E-state index in [1.807, 2.05) is 13.0 Å². The van der Waals surface area contributed by atoms with Gasteiger partial charge in [0.1, 0.15) is 11.5 Å². The summed E-state index contributed by atoms with van der Waals surface area (Å²) in [5.74, 6) is 0.826. The third kappa shape index (κ3) is 3.94. The van der Waals surface area contributed by atoms with Crippen molar-refractivity contribution in [2.45, 2.75) is 6.92 Å². The van der Waals surface area contributed by atoms with Gasteiger partial charge in [-0.05, 0) is 42.8 Å². The molecule has 0 aliphatic heterocycles. The van der Waals surface area contributed by atoms with Crippen LogP contribution in [0.5, 0.6) is 11.5 Å². The molecule has 0 amide bonds. The van der Waals surface area contributed by atoms with E-state index in [0.29, 0.717) is 27.1 Å². The van der Waals surface area contributed by atoms with E-state index in [-0.39, 0.29) is 12.4 Å². The first kappa shape index (κ1) is 17.1. The molecule has 2 aromatic carbocycles. The van der Waals surface area contributed by atoms with Crippen molar-refractivity contribution < 1.29 is 14.3 Å². The minimum Gasteiger partial charge on any atom is -0.495 e. The molecule has 0 bridgehead atoms. The summed E-state index contributed by atoms with van der Waals surface area (Å²) in [6.07, 6.45) is 0. The second-order valence-corrected chi connectivity index (χ2v) is 6.32. The van der Waals surface area contributed by atoms with Crippen LogP contribution >= 0.6 is 39.1 Å². The van der Waals surface area contributed by atoms with Crippen LogP contribution in [0.1, 0.15) is 15.9 Å². The fourth-order valence-corrected chi connectivity index (χ4v) is 3.22. The maximum Gasteiger partial charge on any atom is 0.200 e. The molecule has 0 atom stereocenters. The fourth-order valence-electron chi connectivity index (χ4n) is 1.93. The molecule has 2 aromatic rings. The van der Waals surface area contributed by atoms with Crippen molar-refractivity contribution in [2.75, 3.05) is 13.7 Å². The molecule has 2 rings (SSSR count). The van der Waals surface area contributed by atoms with Crippen molar-refractivity contribution in [1.29, 1.82) is 0 Å². The molecule has 0 radical (unpaired) electrons. The summed E-state index contributed by atoms with van der Waals surface area (Å²) in [6.45, 7) is 1.74. The molecule has 22 heavy (non-hydrogen) atoms. The Kier molecular flexibility index (Phi) is 5.73. The Balaban J connectivity index is 2.12. The Morgan fingerprint density at radius 1 is 1.18 bits per heavy atom. The van der Waals surface area contributed by atoms with Gasteiger partial charge >= 0.3 is 0 Å². The predicted molar refractivity (Wildman–Crippen MR) is 91.7 cm³/mol. The zero-order valence-corrected chi connectivity index (χ0v) is 15.1. The van der Waals surface area contributed by atoms with Gasteiger partial charge in [-0.2, -0.15) is 0 Å². The van der Waals surface area contributed by atoms with Gasteiger partial charge in [0.05, 0.1) is 17.2 Å². The minimum atomic E-state index is -0.192. The number of Topliss-reactive ketones (excluding diaryl/α,β-unsaturated/α-hetero) is 1. The van der Waals surface area contributed by atoms with Gasteiger partial charge in [0, 0.05) is 10.0 Å². The number of hydrogen-bond acceptors (Lipinski definition) is 3. The first-order chi connectivity index (χ1) is 10.4. The number of carbonyl (C=O) groups excluding carboxylic acids is 1. The Hall–Kier alpha value is -1.23. The number of hydrogen-bond donors (Lipinski definition) is 0. The first-order valence-corrected chi connectivity index (χ1v) is 7.92. The number of aryl methyl sites for hydroxylation is 1. The van der Waals surface area contributed by atoms with Crippen LogP contribution in [-0.2, 0) is 0 Å². The van der Waals surface area contributed by atoms with Crippen LogP contribution in [0.15, 0.2) is 34.8 Å². The number of benzene rings is 2. The average Bonchev–Trinajstić information content (AvgIpc) is 2.45. The molecule has 0 heterocycles. The van der Waals surface area contributed by atoms with E-state index in [1.54, 1.807) is 24.3 Å². The van der Waals surface area contributed by atoms with Crippen molar-refractivity contribution in [3.63, 3.8) is 0 Å². The number of ketones is 1. The van der Waals surface area contributed by atoms with Gasteiger partial charge < -0.3 is 9.47 Å². The molecule has 0 unspecified atom stereocenters. The quantitative estimate of drug-likeness (QED) is 0.632. The van der Waals surface area contributed by atoms with E-state index in [1.165, 1.54) is 7.11 Å². The van der Waals surface area contributed by atoms with Crippen molar-refractivity contribution in [1.82, 2.24) is 0 Å². The Morgan fingerprint density at radius 3 is 2.50 bits per heavy atom. The van der Waals surface area contributed by atoms with E-state index in [0.717, 1.165) is 10.0 Å². The third-order valence-electron chi connectivity index (χ3n) is 3.02. The molecule has 0 aliphatic rings. The molecule has 116 valence electrons. The normalized spacial score (nSPS) is 10.4. The largest absolute Gasteiger partial charge is 0.495 e. The maximum absolute atomic E-state index is 12.2. The van der Waals surface area contributed by atoms with E-state index >= 15 is 0 Å². The second-order valence-electron chi connectivity index (χ2n) is 4.59. The van der Waals surface area contributed by atoms with Crippen LogP contribution in [0, 0.1) is 6.92 Å². The molecular weight excluding hydrogens is 391 g/mol. The highest BCUT2D eigenvalue weighted by Crippen LogP contribution is 2.32. The standard InChI is InChI=1S/C16H13BrCl2O3/c1-9-5-11(17)7-13(19)16(9)22-8-14(20)10-3-4-15(21-2)12(18)6-10/h3-7H,8H2,1-2H3. The highest BCUT2D eigenvalue weighted by Gasteiger charge is 2.13. The van der Waals surface area contributed by atoms with E-state index in [2.05, 4.69) is 15.9 Å². The number of rotatable bonds is 5. The molecule has 0 N–H and O–H groups in total. The SMILES string of the molecule is COc1ccc(C(=O)COc2c(C)cc(Br)cc2Cl)cc1Cl. The summed E-state index contributed by atoms with van der Waals surface area (Å²) in [5, 5.41) is 0.832.